The number of carbonyl (C=O) groups excluding carboxylic acids is 1. The average Bonchev–Trinajstić information content (AvgIpc) is 3.24. The van der Waals surface area contributed by atoms with E-state index in [0.717, 1.165) is 0 Å². The Kier molecular flexibility index (Phi) is 5.82. The Balaban J connectivity index is 1.84. The number of anilines is 1. The highest BCUT2D eigenvalue weighted by atomic mass is 31.2. The van der Waals surface area contributed by atoms with Crippen molar-refractivity contribution in [2.24, 2.45) is 5.73 Å². The molecule has 1 aliphatic rings. The lowest BCUT2D eigenvalue weighted by Gasteiger charge is -2.23. The zero-order valence-corrected chi connectivity index (χ0v) is 16.2. The molecule has 154 valence electrons. The van der Waals surface area contributed by atoms with Crippen molar-refractivity contribution in [3.05, 3.63) is 12.7 Å². The molecule has 3 rings (SSSR count). The summed E-state index contributed by atoms with van der Waals surface area (Å²) < 4.78 is 30.1. The van der Waals surface area contributed by atoms with Crippen LogP contribution < -0.4 is 16.8 Å². The van der Waals surface area contributed by atoms with E-state index in [1.54, 1.807) is 4.57 Å². The summed E-state index contributed by atoms with van der Waals surface area (Å²) in [6.45, 7) is 1.18. The van der Waals surface area contributed by atoms with Crippen LogP contribution >= 0.6 is 7.60 Å². The first kappa shape index (κ1) is 20.4. The van der Waals surface area contributed by atoms with Crippen LogP contribution in [0.4, 0.5) is 10.6 Å². The number of carbonyl (C=O) groups is 1. The Morgan fingerprint density at radius 3 is 2.96 bits per heavy atom. The number of aromatic nitrogens is 4. The van der Waals surface area contributed by atoms with Crippen molar-refractivity contribution >= 4 is 30.7 Å². The highest BCUT2D eigenvalue weighted by molar-refractivity contribution is 7.53. The lowest BCUT2D eigenvalue weighted by Crippen LogP contribution is -2.33. The van der Waals surface area contributed by atoms with Gasteiger partial charge in [-0.15, -0.1) is 0 Å². The normalized spacial score (nSPS) is 25.4. The van der Waals surface area contributed by atoms with Crippen molar-refractivity contribution < 1.29 is 28.3 Å². The first-order valence-electron chi connectivity index (χ1n) is 8.42. The van der Waals surface area contributed by atoms with Gasteiger partial charge in [0.05, 0.1) is 6.33 Å². The second-order valence-electron chi connectivity index (χ2n) is 6.24. The van der Waals surface area contributed by atoms with E-state index in [1.165, 1.54) is 26.6 Å². The van der Waals surface area contributed by atoms with E-state index in [2.05, 4.69) is 20.3 Å². The average molecular weight is 415 g/mol. The molecule has 28 heavy (non-hydrogen) atoms. The summed E-state index contributed by atoms with van der Waals surface area (Å²) in [5, 5.41) is 2.31. The van der Waals surface area contributed by atoms with Gasteiger partial charge in [-0.25, -0.2) is 19.7 Å². The van der Waals surface area contributed by atoms with Gasteiger partial charge in [-0.05, 0) is 6.92 Å². The molecular formula is C14H22N7O6P. The maximum atomic E-state index is 12.2. The zero-order chi connectivity index (χ0) is 20.5. The second kappa shape index (κ2) is 7.97. The number of amides is 1. The summed E-state index contributed by atoms with van der Waals surface area (Å²) in [4.78, 5) is 33.6. The summed E-state index contributed by atoms with van der Waals surface area (Å²) in [6.07, 6.45) is -0.0262. The third-order valence-corrected chi connectivity index (χ3v) is 5.86. The summed E-state index contributed by atoms with van der Waals surface area (Å²) in [7, 11) is -2.68. The van der Waals surface area contributed by atoms with Gasteiger partial charge in [-0.1, -0.05) is 0 Å². The van der Waals surface area contributed by atoms with Crippen molar-refractivity contribution in [1.29, 1.82) is 0 Å². The molecule has 1 amide bonds. The van der Waals surface area contributed by atoms with Gasteiger partial charge in [0, 0.05) is 13.5 Å². The number of hydrogen-bond acceptors (Lipinski definition) is 10. The van der Waals surface area contributed by atoms with Gasteiger partial charge >= 0.3 is 13.7 Å². The first-order chi connectivity index (χ1) is 13.2. The number of nitrogen functional groups attached to an aromatic ring is 1. The number of fused-ring (bicyclic) bond motifs is 1. The smallest absolute Gasteiger partial charge is 0.406 e. The van der Waals surface area contributed by atoms with Gasteiger partial charge in [0.25, 0.3) is 0 Å². The van der Waals surface area contributed by atoms with Crippen molar-refractivity contribution in [2.45, 2.75) is 37.6 Å². The van der Waals surface area contributed by atoms with Crippen LogP contribution in [0, 0.1) is 0 Å². The molecule has 0 aliphatic carbocycles. The molecule has 1 fully saturated rings. The number of imidazole rings is 1. The van der Waals surface area contributed by atoms with Gasteiger partial charge in [0.15, 0.2) is 11.5 Å². The quantitative estimate of drug-likeness (QED) is 0.462. The molecular weight excluding hydrogens is 393 g/mol. The summed E-state index contributed by atoms with van der Waals surface area (Å²) in [5.41, 5.74) is 12.2. The van der Waals surface area contributed by atoms with Crippen molar-refractivity contribution in [1.82, 2.24) is 24.8 Å². The molecule has 0 radical (unpaired) electrons. The van der Waals surface area contributed by atoms with E-state index in [0.29, 0.717) is 11.2 Å². The van der Waals surface area contributed by atoms with Crippen LogP contribution in [-0.4, -0.2) is 62.2 Å². The lowest BCUT2D eigenvalue weighted by molar-refractivity contribution is -0.0436. The largest absolute Gasteiger partial charge is 0.447 e. The lowest BCUT2D eigenvalue weighted by atomic mass is 10.2. The second-order valence-corrected chi connectivity index (χ2v) is 8.40. The summed E-state index contributed by atoms with van der Waals surface area (Å²) in [6, 6.07) is 0. The third-order valence-electron chi connectivity index (χ3n) is 4.26. The Morgan fingerprint density at radius 1 is 1.54 bits per heavy atom. The van der Waals surface area contributed by atoms with E-state index in [1.807, 2.05) is 0 Å². The third kappa shape index (κ3) is 4.08. The molecule has 13 nitrogen and oxygen atoms in total. The number of nitrogens with two attached hydrogens (primary N) is 2. The minimum absolute atomic E-state index is 0.175. The molecule has 0 spiro atoms. The van der Waals surface area contributed by atoms with Crippen LogP contribution in [0.25, 0.3) is 11.2 Å². The molecule has 2 unspecified atom stereocenters. The summed E-state index contributed by atoms with van der Waals surface area (Å²) >= 11 is 0. The minimum atomic E-state index is -4.09. The maximum absolute atomic E-state index is 12.2. The van der Waals surface area contributed by atoms with Gasteiger partial charge in [0.2, 0.25) is 0 Å². The SMILES string of the molecule is CNC(=O)OC[C@H]1O[C@@H](n2cnc3c(N)ncnc32)C[C@@H]1OP(=O)(O)C(C)N. The number of ether oxygens (including phenoxy) is 2. The topological polar surface area (TPSA) is 190 Å². The van der Waals surface area contributed by atoms with E-state index in [9.17, 15) is 14.3 Å². The first-order valence-corrected chi connectivity index (χ1v) is 10.1. The highest BCUT2D eigenvalue weighted by Crippen LogP contribution is 2.49. The van der Waals surface area contributed by atoms with Crippen molar-refractivity contribution in [3.8, 4) is 0 Å². The van der Waals surface area contributed by atoms with Crippen LogP contribution in [0.3, 0.4) is 0 Å². The van der Waals surface area contributed by atoms with Crippen molar-refractivity contribution in [2.75, 3.05) is 19.4 Å². The van der Waals surface area contributed by atoms with Crippen LogP contribution in [-0.2, 0) is 18.6 Å². The van der Waals surface area contributed by atoms with E-state index in [-0.39, 0.29) is 18.8 Å². The van der Waals surface area contributed by atoms with Crippen molar-refractivity contribution in [3.63, 3.8) is 0 Å². The van der Waals surface area contributed by atoms with Crippen LogP contribution in [0.15, 0.2) is 12.7 Å². The van der Waals surface area contributed by atoms with Crippen LogP contribution in [0.2, 0.25) is 0 Å². The number of nitrogens with zero attached hydrogens (tertiary/aromatic N) is 4. The van der Waals surface area contributed by atoms with Gasteiger partial charge in [0.1, 0.15) is 42.7 Å². The molecule has 6 N–H and O–H groups in total. The van der Waals surface area contributed by atoms with Gasteiger partial charge < -0.3 is 35.7 Å². The van der Waals surface area contributed by atoms with Gasteiger partial charge in [-0.3, -0.25) is 9.13 Å². The monoisotopic (exact) mass is 415 g/mol. The molecule has 1 saturated heterocycles. The van der Waals surface area contributed by atoms with Crippen LogP contribution in [0.1, 0.15) is 19.6 Å². The molecule has 0 aromatic carbocycles. The molecule has 5 atom stereocenters. The number of hydrogen-bond donors (Lipinski definition) is 4. The Labute approximate surface area is 159 Å². The molecule has 14 heteroatoms. The summed E-state index contributed by atoms with van der Waals surface area (Å²) in [5.74, 6) is -0.875. The number of alkyl carbamates (subject to hydrolysis) is 1. The minimum Gasteiger partial charge on any atom is -0.447 e. The predicted octanol–water partition coefficient (Wildman–Crippen LogP) is -0.0727. The molecule has 2 aromatic heterocycles. The Hall–Kier alpha value is -2.31. The highest BCUT2D eigenvalue weighted by Gasteiger charge is 2.43. The fourth-order valence-electron chi connectivity index (χ4n) is 2.73. The van der Waals surface area contributed by atoms with E-state index < -0.39 is 37.9 Å². The fraction of sp³-hybridized carbons (Fsp3) is 0.571. The molecule has 1 aliphatic heterocycles. The predicted molar refractivity (Wildman–Crippen MR) is 97.0 cm³/mol. The molecule has 0 bridgehead atoms. The zero-order valence-electron chi connectivity index (χ0n) is 15.3. The van der Waals surface area contributed by atoms with Crippen LogP contribution in [0.5, 0.6) is 0 Å². The standard InChI is InChI=1S/C14H22N7O6P/c1-7(15)28(23,24)27-8-3-10(26-9(8)4-25-14(22)17-2)21-6-20-11-12(16)18-5-19-13(11)21/h5-10H,3-4,15H2,1-2H3,(H,17,22)(H,23,24)(H2,16,18,19)/t7?,8-,9+,10+/m0/s1. The molecule has 3 heterocycles. The van der Waals surface area contributed by atoms with E-state index >= 15 is 0 Å². The Morgan fingerprint density at radius 2 is 2.29 bits per heavy atom. The van der Waals surface area contributed by atoms with E-state index in [4.69, 9.17) is 25.5 Å². The Bertz CT molecular complexity index is 905. The molecule has 0 saturated carbocycles. The number of rotatable bonds is 6. The maximum Gasteiger partial charge on any atom is 0.406 e. The molecule has 2 aromatic rings. The fourth-order valence-corrected chi connectivity index (χ4v) is 3.53. The van der Waals surface area contributed by atoms with Gasteiger partial charge in [-0.2, -0.15) is 0 Å². The number of nitrogens with one attached hydrogen (secondary N) is 1.